The molecule has 1 radical (unpaired) electrons. The summed E-state index contributed by atoms with van der Waals surface area (Å²) < 4.78 is 54.5. The van der Waals surface area contributed by atoms with Gasteiger partial charge >= 0.3 is 43.2 Å². The molecule has 0 aromatic rings. The van der Waals surface area contributed by atoms with E-state index in [0.717, 1.165) is 13.8 Å². The van der Waals surface area contributed by atoms with Crippen LogP contribution in [0, 0.1) is 0 Å². The fourth-order valence-electron chi connectivity index (χ4n) is 0.627. The van der Waals surface area contributed by atoms with Crippen molar-refractivity contribution in [3.8, 4) is 0 Å². The van der Waals surface area contributed by atoms with E-state index >= 15 is 0 Å². The zero-order valence-electron chi connectivity index (χ0n) is 11.9. The number of phosphoric ester groups is 2. The molecule has 0 aliphatic carbocycles. The molecule has 0 spiro atoms. The van der Waals surface area contributed by atoms with Gasteiger partial charge in [-0.25, -0.2) is 18.3 Å². The first kappa shape index (κ1) is 47.0. The van der Waals surface area contributed by atoms with E-state index in [1.54, 1.807) is 0 Å². The summed E-state index contributed by atoms with van der Waals surface area (Å²) in [4.78, 5) is 69.1. The van der Waals surface area contributed by atoms with Crippen LogP contribution in [0.2, 0.25) is 0 Å². The van der Waals surface area contributed by atoms with Gasteiger partial charge < -0.3 is 28.6 Å². The molecule has 21 heteroatoms. The largest absolute Gasteiger partial charge is 0.538 e. The fraction of sp³-hybridized carbons (Fsp3) is 0.750. The Morgan fingerprint density at radius 3 is 0.862 bits per heavy atom. The van der Waals surface area contributed by atoms with Crippen LogP contribution in [0.15, 0.2) is 0 Å². The summed E-state index contributed by atoms with van der Waals surface area (Å²) in [6.07, 6.45) is 0. The Labute approximate surface area is 179 Å². The number of hydrogen-bond acceptors (Lipinski definition) is 10. The summed E-state index contributed by atoms with van der Waals surface area (Å²) in [5, 5.41) is 0. The summed E-state index contributed by atoms with van der Waals surface area (Å²) in [6, 6.07) is 0. The molecule has 0 bridgehead atoms. The molecule has 0 rings (SSSR count). The third-order valence-electron chi connectivity index (χ3n) is 0.907. The summed E-state index contributed by atoms with van der Waals surface area (Å²) in [5.41, 5.74) is 0. The molecule has 0 amide bonds. The monoisotopic (exact) mass is 567 g/mol. The minimum atomic E-state index is -5.13. The molecule has 6 N–H and O–H groups in total. The molecule has 0 heterocycles. The van der Waals surface area contributed by atoms with Gasteiger partial charge in [-0.15, -0.1) is 0 Å². The number of hydrogen-bond donors (Lipinski definition) is 6. The summed E-state index contributed by atoms with van der Waals surface area (Å²) in [6.45, 7) is 1.57. The Hall–Kier alpha value is 0.0595. The van der Waals surface area contributed by atoms with Crippen molar-refractivity contribution in [2.75, 3.05) is 0 Å². The van der Waals surface area contributed by atoms with Crippen LogP contribution in [0.5, 0.6) is 0 Å². The molecule has 187 valence electrons. The molecule has 0 aromatic carbocycles. The number of phosphoric acid groups is 4. The topological polar surface area (TPSA) is 261 Å². The third kappa shape index (κ3) is 39.2. The molecule has 0 saturated carbocycles. The second kappa shape index (κ2) is 17.7. The van der Waals surface area contributed by atoms with Crippen LogP contribution in [0.25, 0.3) is 0 Å². The van der Waals surface area contributed by atoms with Gasteiger partial charge in [0.05, 0.1) is 0 Å². The molecular formula is C8H28CuO16P4. The van der Waals surface area contributed by atoms with Crippen molar-refractivity contribution in [3.05, 3.63) is 0 Å². The number of carbonyl (C=O) groups is 2. The Kier molecular flexibility index (Phi) is 28.7. The van der Waals surface area contributed by atoms with Gasteiger partial charge in [0.25, 0.3) is 0 Å². The predicted molar refractivity (Wildman–Crippen MR) is 96.4 cm³/mol. The van der Waals surface area contributed by atoms with Crippen molar-refractivity contribution < 1.29 is 91.9 Å². The molecule has 2 unspecified atom stereocenters. The van der Waals surface area contributed by atoms with Crippen LogP contribution in [0.1, 0.15) is 43.6 Å². The van der Waals surface area contributed by atoms with Crippen LogP contribution in [0.3, 0.4) is 0 Å². The minimum Gasteiger partial charge on any atom is -0.371 e. The molecule has 0 aliphatic rings. The zero-order valence-corrected chi connectivity index (χ0v) is 16.4. The fourth-order valence-corrected chi connectivity index (χ4v) is 3.69. The minimum absolute atomic E-state index is 0. The van der Waals surface area contributed by atoms with E-state index in [1.165, 1.54) is 0 Å². The van der Waals surface area contributed by atoms with Crippen LogP contribution < -0.4 is 0 Å². The van der Waals surface area contributed by atoms with Crippen LogP contribution >= 0.6 is 31.3 Å². The molecule has 0 fully saturated rings. The Bertz CT molecular complexity index is 595. The van der Waals surface area contributed by atoms with Crippen molar-refractivity contribution >= 4 is 43.2 Å². The Morgan fingerprint density at radius 1 is 0.586 bits per heavy atom. The first-order chi connectivity index (χ1) is 10.2. The van der Waals surface area contributed by atoms with Gasteiger partial charge in [-0.3, -0.25) is 19.4 Å². The van der Waals surface area contributed by atoms with E-state index in [9.17, 15) is 27.8 Å². The molecule has 2 atom stereocenters. The van der Waals surface area contributed by atoms with Gasteiger partial charge in [0.2, 0.25) is 0 Å². The first-order valence-electron chi connectivity index (χ1n) is 4.84. The summed E-state index contributed by atoms with van der Waals surface area (Å²) in [7, 11) is -20.2. The maximum absolute atomic E-state index is 10.4. The summed E-state index contributed by atoms with van der Waals surface area (Å²) in [5.74, 6) is -2.37. The SMILES string of the molecule is C.C.C.C.CC(=O)OP(=O)(O)OP(=O)(O)O.CC(=O)OP(=O)(O)OP(=O)(O)O.[Cu]. The molecule has 0 saturated heterocycles. The quantitative estimate of drug-likeness (QED) is 0.198. The maximum Gasteiger partial charge on any atom is 0.538 e. The average Bonchev–Trinajstić information content (AvgIpc) is 2.02. The Balaban J connectivity index is -0.0000000569. The van der Waals surface area contributed by atoms with Crippen LogP contribution in [-0.2, 0) is 62.6 Å². The van der Waals surface area contributed by atoms with Gasteiger partial charge in [0.1, 0.15) is 0 Å². The van der Waals surface area contributed by atoms with E-state index in [4.69, 9.17) is 29.4 Å². The van der Waals surface area contributed by atoms with Crippen molar-refractivity contribution in [1.82, 2.24) is 0 Å². The summed E-state index contributed by atoms with van der Waals surface area (Å²) >= 11 is 0. The number of rotatable bonds is 6. The predicted octanol–water partition coefficient (Wildman–Crippen LogP) is 2.06. The van der Waals surface area contributed by atoms with Gasteiger partial charge in [-0.2, -0.15) is 8.62 Å². The van der Waals surface area contributed by atoms with E-state index in [0.29, 0.717) is 0 Å². The van der Waals surface area contributed by atoms with Gasteiger partial charge in [-0.1, -0.05) is 29.7 Å². The van der Waals surface area contributed by atoms with Gasteiger partial charge in [0, 0.05) is 30.9 Å². The van der Waals surface area contributed by atoms with E-state index in [2.05, 4.69) is 17.7 Å². The van der Waals surface area contributed by atoms with E-state index in [1.807, 2.05) is 0 Å². The molecule has 16 nitrogen and oxygen atoms in total. The number of carbonyl (C=O) groups excluding carboxylic acids is 2. The smallest absolute Gasteiger partial charge is 0.371 e. The normalized spacial score (nSPS) is 13.8. The zero-order chi connectivity index (χ0) is 20.0. The van der Waals surface area contributed by atoms with Crippen molar-refractivity contribution in [1.29, 1.82) is 0 Å². The average molecular weight is 568 g/mol. The van der Waals surface area contributed by atoms with Crippen molar-refractivity contribution in [2.45, 2.75) is 43.6 Å². The van der Waals surface area contributed by atoms with Crippen LogP contribution in [0.4, 0.5) is 0 Å². The Morgan fingerprint density at radius 2 is 0.759 bits per heavy atom. The second-order valence-corrected chi connectivity index (χ2v) is 8.76. The van der Waals surface area contributed by atoms with Crippen LogP contribution in [-0.4, -0.2) is 41.3 Å². The molecule has 0 aliphatic heterocycles. The van der Waals surface area contributed by atoms with Crippen molar-refractivity contribution in [3.63, 3.8) is 0 Å². The van der Waals surface area contributed by atoms with E-state index < -0.39 is 43.2 Å². The van der Waals surface area contributed by atoms with Gasteiger partial charge in [0.15, 0.2) is 0 Å². The van der Waals surface area contributed by atoms with Crippen molar-refractivity contribution in [2.24, 2.45) is 0 Å². The molecule has 0 aromatic heterocycles. The van der Waals surface area contributed by atoms with Gasteiger partial charge in [-0.05, 0) is 0 Å². The first-order valence-corrected chi connectivity index (χ1v) is 10.9. The molecular weight excluding hydrogens is 540 g/mol. The third-order valence-corrected chi connectivity index (χ3v) is 5.24. The molecule has 29 heavy (non-hydrogen) atoms. The standard InChI is InChI=1S/2C2H6O8P2.4CH4.Cu/c2*1-2(3)9-12(7,8)10-11(4,5)6;;;;;/h2*1H3,(H,7,8)(H2,4,5,6);4*1H4;. The maximum atomic E-state index is 10.4. The second-order valence-electron chi connectivity index (χ2n) is 3.25. The van der Waals surface area contributed by atoms with E-state index in [-0.39, 0.29) is 46.8 Å².